The van der Waals surface area contributed by atoms with Crippen molar-refractivity contribution in [3.8, 4) is 0 Å². The van der Waals surface area contributed by atoms with Gasteiger partial charge in [0.1, 0.15) is 17.3 Å². The summed E-state index contributed by atoms with van der Waals surface area (Å²) in [5.74, 6) is 1.28. The molecule has 0 atom stereocenters. The molecule has 4 nitrogen and oxygen atoms in total. The van der Waals surface area contributed by atoms with Gasteiger partial charge in [-0.15, -0.1) is 0 Å². The Kier molecular flexibility index (Phi) is 3.16. The van der Waals surface area contributed by atoms with Gasteiger partial charge in [0.05, 0.1) is 5.39 Å². The van der Waals surface area contributed by atoms with E-state index in [1.54, 1.807) is 0 Å². The van der Waals surface area contributed by atoms with Crippen LogP contribution < -0.4 is 5.73 Å². The highest BCUT2D eigenvalue weighted by molar-refractivity contribution is 5.91. The minimum atomic E-state index is 0.570. The van der Waals surface area contributed by atoms with Crippen LogP contribution in [0.15, 0.2) is 24.3 Å². The van der Waals surface area contributed by atoms with Gasteiger partial charge >= 0.3 is 0 Å². The van der Waals surface area contributed by atoms with Crippen LogP contribution in [-0.4, -0.2) is 14.5 Å². The van der Waals surface area contributed by atoms with Crippen LogP contribution in [0.4, 0.5) is 5.82 Å². The van der Waals surface area contributed by atoms with Crippen molar-refractivity contribution >= 4 is 16.9 Å². The van der Waals surface area contributed by atoms with Crippen molar-refractivity contribution in [3.63, 3.8) is 0 Å². The SMILES string of the molecule is Cc1cccc(Cn2c(C)c(C)c3c(N)nc(C)nc32)c1. The molecule has 2 aromatic heterocycles. The van der Waals surface area contributed by atoms with E-state index < -0.39 is 0 Å². The highest BCUT2D eigenvalue weighted by Gasteiger charge is 2.16. The minimum absolute atomic E-state index is 0.570. The number of aromatic nitrogens is 3. The van der Waals surface area contributed by atoms with Crippen LogP contribution in [0, 0.1) is 27.7 Å². The summed E-state index contributed by atoms with van der Waals surface area (Å²) < 4.78 is 2.23. The molecule has 0 aliphatic rings. The number of benzene rings is 1. The zero-order valence-electron chi connectivity index (χ0n) is 12.9. The fraction of sp³-hybridized carbons (Fsp3) is 0.294. The number of fused-ring (bicyclic) bond motifs is 1. The third-order valence-corrected chi connectivity index (χ3v) is 4.03. The number of nitrogen functional groups attached to an aromatic ring is 1. The predicted molar refractivity (Wildman–Crippen MR) is 86.4 cm³/mol. The van der Waals surface area contributed by atoms with Crippen molar-refractivity contribution in [2.24, 2.45) is 0 Å². The van der Waals surface area contributed by atoms with Crippen molar-refractivity contribution in [1.82, 2.24) is 14.5 Å². The predicted octanol–water partition coefficient (Wildman–Crippen LogP) is 3.30. The zero-order chi connectivity index (χ0) is 15.1. The Morgan fingerprint density at radius 2 is 1.86 bits per heavy atom. The molecular formula is C17H20N4. The van der Waals surface area contributed by atoms with Crippen molar-refractivity contribution < 1.29 is 0 Å². The first-order chi connectivity index (χ1) is 9.97. The second-order valence-electron chi connectivity index (χ2n) is 5.64. The van der Waals surface area contributed by atoms with Crippen molar-refractivity contribution in [1.29, 1.82) is 0 Å². The first-order valence-electron chi connectivity index (χ1n) is 7.12. The summed E-state index contributed by atoms with van der Waals surface area (Å²) in [6.45, 7) is 8.99. The van der Waals surface area contributed by atoms with Gasteiger partial charge in [0.2, 0.25) is 0 Å². The third-order valence-electron chi connectivity index (χ3n) is 4.03. The van der Waals surface area contributed by atoms with Crippen molar-refractivity contribution in [2.45, 2.75) is 34.2 Å². The Bertz CT molecular complexity index is 830. The van der Waals surface area contributed by atoms with Gasteiger partial charge < -0.3 is 10.3 Å². The lowest BCUT2D eigenvalue weighted by molar-refractivity contribution is 0.787. The maximum Gasteiger partial charge on any atom is 0.146 e. The summed E-state index contributed by atoms with van der Waals surface area (Å²) in [5.41, 5.74) is 11.9. The quantitative estimate of drug-likeness (QED) is 0.783. The van der Waals surface area contributed by atoms with Crippen molar-refractivity contribution in [2.75, 3.05) is 5.73 Å². The second kappa shape index (κ2) is 4.88. The lowest BCUT2D eigenvalue weighted by atomic mass is 10.1. The Morgan fingerprint density at radius 3 is 2.57 bits per heavy atom. The van der Waals surface area contributed by atoms with Gasteiger partial charge in [0.25, 0.3) is 0 Å². The highest BCUT2D eigenvalue weighted by atomic mass is 15.1. The summed E-state index contributed by atoms with van der Waals surface area (Å²) in [6.07, 6.45) is 0. The largest absolute Gasteiger partial charge is 0.383 e. The van der Waals surface area contributed by atoms with E-state index in [1.807, 2.05) is 6.92 Å². The average molecular weight is 280 g/mol. The molecule has 21 heavy (non-hydrogen) atoms. The van der Waals surface area contributed by atoms with Crippen LogP contribution in [0.25, 0.3) is 11.0 Å². The third kappa shape index (κ3) is 2.27. The molecule has 0 fully saturated rings. The van der Waals surface area contributed by atoms with Crippen LogP contribution in [0.1, 0.15) is 28.2 Å². The molecule has 3 rings (SSSR count). The molecule has 4 heteroatoms. The van der Waals surface area contributed by atoms with E-state index in [9.17, 15) is 0 Å². The number of nitrogens with zero attached hydrogens (tertiary/aromatic N) is 3. The molecule has 0 unspecified atom stereocenters. The maximum atomic E-state index is 6.09. The number of anilines is 1. The molecule has 1 aromatic carbocycles. The van der Waals surface area contributed by atoms with Gasteiger partial charge in [-0.2, -0.15) is 0 Å². The van der Waals surface area contributed by atoms with E-state index >= 15 is 0 Å². The number of aryl methyl sites for hydroxylation is 3. The monoisotopic (exact) mass is 280 g/mol. The minimum Gasteiger partial charge on any atom is -0.383 e. The van der Waals surface area contributed by atoms with Gasteiger partial charge in [0, 0.05) is 12.2 Å². The zero-order valence-corrected chi connectivity index (χ0v) is 12.9. The summed E-state index contributed by atoms with van der Waals surface area (Å²) in [5, 5.41) is 0.978. The van der Waals surface area contributed by atoms with E-state index in [4.69, 9.17) is 5.73 Å². The number of rotatable bonds is 2. The molecule has 0 aliphatic carbocycles. The van der Waals surface area contributed by atoms with Gasteiger partial charge in [0.15, 0.2) is 0 Å². The van der Waals surface area contributed by atoms with Crippen molar-refractivity contribution in [3.05, 3.63) is 52.5 Å². The second-order valence-corrected chi connectivity index (χ2v) is 5.64. The van der Waals surface area contributed by atoms with Crippen LogP contribution >= 0.6 is 0 Å². The molecular weight excluding hydrogens is 260 g/mol. The Morgan fingerprint density at radius 1 is 1.10 bits per heavy atom. The Hall–Kier alpha value is -2.36. The molecule has 0 bridgehead atoms. The Labute approximate surface area is 124 Å². The van der Waals surface area contributed by atoms with E-state index in [0.29, 0.717) is 11.6 Å². The Balaban J connectivity index is 2.20. The molecule has 2 N–H and O–H groups in total. The van der Waals surface area contributed by atoms with E-state index in [0.717, 1.165) is 23.1 Å². The smallest absolute Gasteiger partial charge is 0.146 e. The molecule has 0 aliphatic heterocycles. The first kappa shape index (κ1) is 13.6. The molecule has 108 valence electrons. The average Bonchev–Trinajstić information content (AvgIpc) is 2.64. The molecule has 2 heterocycles. The van der Waals surface area contributed by atoms with Gasteiger partial charge in [-0.1, -0.05) is 29.8 Å². The number of nitrogens with two attached hydrogens (primary N) is 1. The standard InChI is InChI=1S/C17H20N4/c1-10-6-5-7-14(8-10)9-21-12(3)11(2)15-16(18)19-13(4)20-17(15)21/h5-8H,9H2,1-4H3,(H2,18,19,20). The topological polar surface area (TPSA) is 56.7 Å². The van der Waals surface area contributed by atoms with Crippen LogP contribution in [0.5, 0.6) is 0 Å². The van der Waals surface area contributed by atoms with Crippen LogP contribution in [0.2, 0.25) is 0 Å². The molecule has 0 radical (unpaired) electrons. The van der Waals surface area contributed by atoms with E-state index in [1.165, 1.54) is 16.8 Å². The van der Waals surface area contributed by atoms with Gasteiger partial charge in [-0.25, -0.2) is 9.97 Å². The van der Waals surface area contributed by atoms with Gasteiger partial charge in [-0.3, -0.25) is 0 Å². The van der Waals surface area contributed by atoms with Gasteiger partial charge in [-0.05, 0) is 38.8 Å². The lowest BCUT2D eigenvalue weighted by Gasteiger charge is -2.09. The number of hydrogen-bond donors (Lipinski definition) is 1. The molecule has 0 amide bonds. The highest BCUT2D eigenvalue weighted by Crippen LogP contribution is 2.28. The number of hydrogen-bond acceptors (Lipinski definition) is 3. The van der Waals surface area contributed by atoms with Crippen LogP contribution in [-0.2, 0) is 6.54 Å². The summed E-state index contributed by atoms with van der Waals surface area (Å²) in [4.78, 5) is 8.90. The normalized spacial score (nSPS) is 11.2. The molecule has 3 aromatic rings. The molecule has 0 saturated heterocycles. The summed E-state index contributed by atoms with van der Waals surface area (Å²) >= 11 is 0. The fourth-order valence-corrected chi connectivity index (χ4v) is 2.86. The lowest BCUT2D eigenvalue weighted by Crippen LogP contribution is -2.05. The van der Waals surface area contributed by atoms with E-state index in [2.05, 4.69) is 59.6 Å². The molecule has 0 spiro atoms. The fourth-order valence-electron chi connectivity index (χ4n) is 2.86. The summed E-state index contributed by atoms with van der Waals surface area (Å²) in [6, 6.07) is 8.55. The summed E-state index contributed by atoms with van der Waals surface area (Å²) in [7, 11) is 0. The van der Waals surface area contributed by atoms with E-state index in [-0.39, 0.29) is 0 Å². The first-order valence-corrected chi connectivity index (χ1v) is 7.12. The molecule has 0 saturated carbocycles. The maximum absolute atomic E-state index is 6.09. The van der Waals surface area contributed by atoms with Crippen LogP contribution in [0.3, 0.4) is 0 Å².